The summed E-state index contributed by atoms with van der Waals surface area (Å²) in [4.78, 5) is 16.6. The molecule has 2 N–H and O–H groups in total. The Balaban J connectivity index is 1.61. The quantitative estimate of drug-likeness (QED) is 0.910. The van der Waals surface area contributed by atoms with Crippen LogP contribution in [0.4, 0.5) is 0 Å². The minimum atomic E-state index is -0.154. The van der Waals surface area contributed by atoms with Gasteiger partial charge in [0.05, 0.1) is 11.6 Å². The molecule has 1 saturated carbocycles. The SMILES string of the molecule is O=C(NCC1CCC(O)CC1)c1ccc2ccccc2n1. The third-order valence-corrected chi connectivity index (χ3v) is 4.20. The van der Waals surface area contributed by atoms with Gasteiger partial charge >= 0.3 is 0 Å². The molecule has 1 aromatic carbocycles. The van der Waals surface area contributed by atoms with Gasteiger partial charge in [-0.2, -0.15) is 0 Å². The highest BCUT2D eigenvalue weighted by molar-refractivity contribution is 5.94. The number of benzene rings is 1. The number of aromatic nitrogens is 1. The molecule has 0 bridgehead atoms. The Morgan fingerprint density at radius 1 is 1.14 bits per heavy atom. The second-order valence-electron chi connectivity index (χ2n) is 5.77. The second kappa shape index (κ2) is 6.22. The van der Waals surface area contributed by atoms with Crippen molar-refractivity contribution in [3.8, 4) is 0 Å². The number of para-hydroxylation sites is 1. The first-order valence-electron chi connectivity index (χ1n) is 7.54. The van der Waals surface area contributed by atoms with Crippen molar-refractivity contribution in [2.45, 2.75) is 31.8 Å². The molecular weight excluding hydrogens is 264 g/mol. The smallest absolute Gasteiger partial charge is 0.269 e. The van der Waals surface area contributed by atoms with Crippen LogP contribution in [0.2, 0.25) is 0 Å². The fourth-order valence-corrected chi connectivity index (χ4v) is 2.87. The molecule has 1 aromatic heterocycles. The van der Waals surface area contributed by atoms with Crippen LogP contribution in [0.5, 0.6) is 0 Å². The van der Waals surface area contributed by atoms with Gasteiger partial charge in [0.1, 0.15) is 5.69 Å². The summed E-state index contributed by atoms with van der Waals surface area (Å²) >= 11 is 0. The Bertz CT molecular complexity index is 633. The molecule has 0 saturated heterocycles. The highest BCUT2D eigenvalue weighted by atomic mass is 16.3. The van der Waals surface area contributed by atoms with Crippen molar-refractivity contribution in [1.82, 2.24) is 10.3 Å². The number of nitrogens with zero attached hydrogens (tertiary/aromatic N) is 1. The Morgan fingerprint density at radius 3 is 2.71 bits per heavy atom. The zero-order valence-electron chi connectivity index (χ0n) is 12.0. The summed E-state index contributed by atoms with van der Waals surface area (Å²) in [6, 6.07) is 11.5. The van der Waals surface area contributed by atoms with E-state index >= 15 is 0 Å². The molecule has 0 atom stereocenters. The maximum Gasteiger partial charge on any atom is 0.269 e. The van der Waals surface area contributed by atoms with Crippen LogP contribution in [0, 0.1) is 5.92 Å². The number of aliphatic hydroxyl groups excluding tert-OH is 1. The molecule has 4 nitrogen and oxygen atoms in total. The molecule has 0 radical (unpaired) electrons. The molecule has 0 spiro atoms. The first-order valence-corrected chi connectivity index (χ1v) is 7.54. The Hall–Kier alpha value is -1.94. The predicted octanol–water partition coefficient (Wildman–Crippen LogP) is 2.52. The van der Waals surface area contributed by atoms with Crippen LogP contribution in [-0.2, 0) is 0 Å². The average molecular weight is 284 g/mol. The van der Waals surface area contributed by atoms with Gasteiger partial charge < -0.3 is 10.4 Å². The molecule has 1 heterocycles. The number of hydrogen-bond acceptors (Lipinski definition) is 3. The van der Waals surface area contributed by atoms with E-state index in [2.05, 4.69) is 10.3 Å². The summed E-state index contributed by atoms with van der Waals surface area (Å²) in [5, 5.41) is 13.5. The lowest BCUT2D eigenvalue weighted by Gasteiger charge is -2.25. The molecule has 0 unspecified atom stereocenters. The van der Waals surface area contributed by atoms with E-state index in [0.717, 1.165) is 36.6 Å². The minimum absolute atomic E-state index is 0.119. The van der Waals surface area contributed by atoms with Gasteiger partial charge in [0, 0.05) is 11.9 Å². The largest absolute Gasteiger partial charge is 0.393 e. The molecule has 4 heteroatoms. The maximum atomic E-state index is 12.2. The fraction of sp³-hybridized carbons (Fsp3) is 0.412. The van der Waals surface area contributed by atoms with E-state index in [0.29, 0.717) is 18.2 Å². The molecule has 21 heavy (non-hydrogen) atoms. The van der Waals surface area contributed by atoms with E-state index in [4.69, 9.17) is 0 Å². The predicted molar refractivity (Wildman–Crippen MR) is 82.0 cm³/mol. The first-order chi connectivity index (χ1) is 10.2. The molecule has 1 aliphatic rings. The standard InChI is InChI=1S/C17H20N2O2/c20-14-8-5-12(6-9-14)11-18-17(21)16-10-7-13-3-1-2-4-15(13)19-16/h1-4,7,10,12,14,20H,5-6,8-9,11H2,(H,18,21). The lowest BCUT2D eigenvalue weighted by atomic mass is 9.87. The number of hydrogen-bond donors (Lipinski definition) is 2. The second-order valence-corrected chi connectivity index (χ2v) is 5.77. The van der Waals surface area contributed by atoms with Crippen molar-refractivity contribution < 1.29 is 9.90 Å². The van der Waals surface area contributed by atoms with Gasteiger partial charge in [0.15, 0.2) is 0 Å². The molecule has 1 fully saturated rings. The van der Waals surface area contributed by atoms with Gasteiger partial charge in [0.2, 0.25) is 0 Å². The van der Waals surface area contributed by atoms with Crippen molar-refractivity contribution in [3.05, 3.63) is 42.1 Å². The van der Waals surface area contributed by atoms with Crippen molar-refractivity contribution in [2.75, 3.05) is 6.54 Å². The summed E-state index contributed by atoms with van der Waals surface area (Å²) in [5.74, 6) is 0.352. The van der Waals surface area contributed by atoms with Crippen LogP contribution in [0.1, 0.15) is 36.2 Å². The number of carbonyl (C=O) groups excluding carboxylic acids is 1. The molecule has 2 aromatic rings. The van der Waals surface area contributed by atoms with E-state index in [1.165, 1.54) is 0 Å². The van der Waals surface area contributed by atoms with E-state index in [1.807, 2.05) is 30.3 Å². The number of aliphatic hydroxyl groups is 1. The average Bonchev–Trinajstić information content (AvgIpc) is 2.53. The first kappa shape index (κ1) is 14.0. The van der Waals surface area contributed by atoms with Gasteiger partial charge in [-0.25, -0.2) is 4.98 Å². The number of pyridine rings is 1. The van der Waals surface area contributed by atoms with Gasteiger partial charge in [-0.05, 0) is 43.7 Å². The summed E-state index contributed by atoms with van der Waals surface area (Å²) in [6.07, 6.45) is 3.49. The van der Waals surface area contributed by atoms with Crippen LogP contribution in [0.3, 0.4) is 0 Å². The molecular formula is C17H20N2O2. The Morgan fingerprint density at radius 2 is 1.90 bits per heavy atom. The Kier molecular flexibility index (Phi) is 4.15. The van der Waals surface area contributed by atoms with E-state index < -0.39 is 0 Å². The zero-order chi connectivity index (χ0) is 14.7. The molecule has 110 valence electrons. The van der Waals surface area contributed by atoms with Crippen LogP contribution in [0.25, 0.3) is 10.9 Å². The van der Waals surface area contributed by atoms with Crippen LogP contribution in [0.15, 0.2) is 36.4 Å². The highest BCUT2D eigenvalue weighted by Gasteiger charge is 2.20. The van der Waals surface area contributed by atoms with Crippen molar-refractivity contribution in [3.63, 3.8) is 0 Å². The van der Waals surface area contributed by atoms with Crippen molar-refractivity contribution >= 4 is 16.8 Å². The van der Waals surface area contributed by atoms with E-state index in [9.17, 15) is 9.90 Å². The third-order valence-electron chi connectivity index (χ3n) is 4.20. The lowest BCUT2D eigenvalue weighted by molar-refractivity contribution is 0.0906. The Labute approximate surface area is 124 Å². The number of rotatable bonds is 3. The topological polar surface area (TPSA) is 62.2 Å². The molecule has 1 amide bonds. The molecule has 0 aliphatic heterocycles. The van der Waals surface area contributed by atoms with Gasteiger partial charge in [0.25, 0.3) is 5.91 Å². The summed E-state index contributed by atoms with van der Waals surface area (Å²) in [5.41, 5.74) is 1.30. The van der Waals surface area contributed by atoms with Crippen LogP contribution < -0.4 is 5.32 Å². The third kappa shape index (κ3) is 3.39. The summed E-state index contributed by atoms with van der Waals surface area (Å²) in [6.45, 7) is 0.667. The van der Waals surface area contributed by atoms with Gasteiger partial charge in [-0.1, -0.05) is 24.3 Å². The monoisotopic (exact) mass is 284 g/mol. The normalized spacial score (nSPS) is 22.1. The van der Waals surface area contributed by atoms with E-state index in [-0.39, 0.29) is 12.0 Å². The van der Waals surface area contributed by atoms with Crippen LogP contribution >= 0.6 is 0 Å². The molecule has 3 rings (SSSR count). The van der Waals surface area contributed by atoms with Crippen molar-refractivity contribution in [2.24, 2.45) is 5.92 Å². The molecule has 1 aliphatic carbocycles. The number of nitrogens with one attached hydrogen (secondary N) is 1. The zero-order valence-corrected chi connectivity index (χ0v) is 12.0. The van der Waals surface area contributed by atoms with Gasteiger partial charge in [-0.15, -0.1) is 0 Å². The lowest BCUT2D eigenvalue weighted by Crippen LogP contribution is -2.32. The summed E-state index contributed by atoms with van der Waals surface area (Å²) in [7, 11) is 0. The van der Waals surface area contributed by atoms with E-state index in [1.54, 1.807) is 6.07 Å². The maximum absolute atomic E-state index is 12.2. The minimum Gasteiger partial charge on any atom is -0.393 e. The summed E-state index contributed by atoms with van der Waals surface area (Å²) < 4.78 is 0. The van der Waals surface area contributed by atoms with Gasteiger partial charge in [-0.3, -0.25) is 4.79 Å². The van der Waals surface area contributed by atoms with Crippen LogP contribution in [-0.4, -0.2) is 28.6 Å². The highest BCUT2D eigenvalue weighted by Crippen LogP contribution is 2.23. The fourth-order valence-electron chi connectivity index (χ4n) is 2.87. The number of fused-ring (bicyclic) bond motifs is 1. The van der Waals surface area contributed by atoms with Crippen molar-refractivity contribution in [1.29, 1.82) is 0 Å². The number of carbonyl (C=O) groups is 1. The number of amides is 1.